The SMILES string of the molecule is [2H]c1c([2H])c([2H])c(-c2cccc(C(C)(C)C)c2-[n+]2cn(-c3cccc(Oc4ccc5c6ccccc6n(-c6cc(C(C)(C)C)ccn6)c5c4)c3)c3cc(-c4cc(C(C)(C)C)cc(C(C)(C)C)c4)ccc32)c([2H])c1[2H]. The average molecular weight is 911 g/mol. The molecule has 346 valence electrons. The van der Waals surface area contributed by atoms with E-state index in [-0.39, 0.29) is 46.0 Å². The lowest BCUT2D eigenvalue weighted by atomic mass is 9.79. The number of fused-ring (bicyclic) bond motifs is 4. The molecule has 10 aromatic rings. The molecule has 0 N–H and O–H groups in total. The quantitative estimate of drug-likeness (QED) is 0.149. The van der Waals surface area contributed by atoms with Crippen LogP contribution in [-0.4, -0.2) is 14.1 Å². The lowest BCUT2D eigenvalue weighted by Gasteiger charge is -2.26. The lowest BCUT2D eigenvalue weighted by Crippen LogP contribution is -2.34. The van der Waals surface area contributed by atoms with Crippen molar-refractivity contribution in [2.75, 3.05) is 0 Å². The van der Waals surface area contributed by atoms with Crippen LogP contribution >= 0.6 is 0 Å². The van der Waals surface area contributed by atoms with Gasteiger partial charge in [0.2, 0.25) is 0 Å². The first-order valence-corrected chi connectivity index (χ1v) is 24.0. The predicted molar refractivity (Wildman–Crippen MR) is 289 cm³/mol. The first-order chi connectivity index (χ1) is 34.8. The molecule has 0 saturated carbocycles. The third-order valence-corrected chi connectivity index (χ3v) is 13.4. The maximum atomic E-state index is 9.18. The van der Waals surface area contributed by atoms with Gasteiger partial charge in [-0.2, -0.15) is 9.13 Å². The van der Waals surface area contributed by atoms with Gasteiger partial charge in [-0.1, -0.05) is 174 Å². The highest BCUT2D eigenvalue weighted by molar-refractivity contribution is 6.09. The fourth-order valence-corrected chi connectivity index (χ4v) is 9.48. The second kappa shape index (κ2) is 16.8. The number of pyridine rings is 1. The van der Waals surface area contributed by atoms with Gasteiger partial charge in [0.15, 0.2) is 11.0 Å². The monoisotopic (exact) mass is 911 g/mol. The minimum absolute atomic E-state index is 0.0582. The minimum atomic E-state index is -0.425. The van der Waals surface area contributed by atoms with Crippen LogP contribution < -0.4 is 9.30 Å². The molecule has 7 aromatic carbocycles. The molecule has 69 heavy (non-hydrogen) atoms. The first kappa shape index (κ1) is 39.7. The summed E-state index contributed by atoms with van der Waals surface area (Å²) >= 11 is 0. The zero-order chi connectivity index (χ0) is 53.0. The van der Waals surface area contributed by atoms with Crippen molar-refractivity contribution in [1.29, 1.82) is 0 Å². The number of rotatable bonds is 7. The third kappa shape index (κ3) is 8.65. The molecule has 0 aliphatic rings. The number of ether oxygens (including phenoxy) is 1. The molecule has 10 rings (SSSR count). The van der Waals surface area contributed by atoms with Crippen LogP contribution in [0.3, 0.4) is 0 Å². The fraction of sp³-hybridized carbons (Fsp3) is 0.250. The normalized spacial score (nSPS) is 13.7. The van der Waals surface area contributed by atoms with E-state index in [1.165, 1.54) is 16.7 Å². The van der Waals surface area contributed by atoms with Crippen molar-refractivity contribution in [3.8, 4) is 50.9 Å². The van der Waals surface area contributed by atoms with Gasteiger partial charge in [-0.25, -0.2) is 4.98 Å². The molecule has 0 amide bonds. The molecule has 0 atom stereocenters. The van der Waals surface area contributed by atoms with Crippen molar-refractivity contribution >= 4 is 32.8 Å². The molecule has 0 radical (unpaired) electrons. The Bertz CT molecular complexity index is 3810. The minimum Gasteiger partial charge on any atom is -0.457 e. The Morgan fingerprint density at radius 1 is 0.507 bits per heavy atom. The molecule has 0 saturated heterocycles. The Kier molecular flexibility index (Phi) is 9.65. The van der Waals surface area contributed by atoms with Crippen LogP contribution in [0.5, 0.6) is 11.5 Å². The van der Waals surface area contributed by atoms with Gasteiger partial charge in [-0.15, -0.1) is 0 Å². The number of hydrogen-bond acceptors (Lipinski definition) is 2. The maximum absolute atomic E-state index is 9.18. The number of para-hydroxylation sites is 2. The molecule has 0 spiro atoms. The second-order valence-corrected chi connectivity index (χ2v) is 22.6. The highest BCUT2D eigenvalue weighted by Crippen LogP contribution is 2.40. The molecular weight excluding hydrogens is 841 g/mol. The number of aromatic nitrogens is 4. The van der Waals surface area contributed by atoms with E-state index in [0.717, 1.165) is 66.7 Å². The smallest absolute Gasteiger partial charge is 0.255 e. The maximum Gasteiger partial charge on any atom is 0.255 e. The van der Waals surface area contributed by atoms with Crippen LogP contribution in [0.4, 0.5) is 0 Å². The third-order valence-electron chi connectivity index (χ3n) is 13.4. The van der Waals surface area contributed by atoms with Crippen molar-refractivity contribution in [3.05, 3.63) is 198 Å². The van der Waals surface area contributed by atoms with E-state index in [2.05, 4.69) is 206 Å². The molecular formula is C64H65N4O+. The number of nitrogens with zero attached hydrogens (tertiary/aromatic N) is 4. The summed E-state index contributed by atoms with van der Waals surface area (Å²) in [6, 6.07) is 44.8. The van der Waals surface area contributed by atoms with Gasteiger partial charge in [-0.3, -0.25) is 4.57 Å². The fourth-order valence-electron chi connectivity index (χ4n) is 9.48. The lowest BCUT2D eigenvalue weighted by molar-refractivity contribution is -0.567. The van der Waals surface area contributed by atoms with Crippen molar-refractivity contribution in [3.63, 3.8) is 0 Å². The van der Waals surface area contributed by atoms with E-state index < -0.39 is 11.5 Å². The molecule has 0 bridgehead atoms. The zero-order valence-electron chi connectivity index (χ0n) is 47.1. The molecule has 0 fully saturated rings. The van der Waals surface area contributed by atoms with Crippen LogP contribution in [0.25, 0.3) is 72.3 Å². The van der Waals surface area contributed by atoms with Gasteiger partial charge in [0.1, 0.15) is 28.7 Å². The first-order valence-electron chi connectivity index (χ1n) is 26.5. The molecule has 0 unspecified atom stereocenters. The Balaban J connectivity index is 1.19. The summed E-state index contributed by atoms with van der Waals surface area (Å²) in [5.41, 5.74) is 12.3. The summed E-state index contributed by atoms with van der Waals surface area (Å²) in [6.07, 6.45) is 3.95. The summed E-state index contributed by atoms with van der Waals surface area (Å²) in [5.74, 6) is 2.16. The molecule has 5 heteroatoms. The Hall–Kier alpha value is -7.24. The van der Waals surface area contributed by atoms with Gasteiger partial charge < -0.3 is 4.74 Å². The standard InChI is InChI=1S/C64H65N4O/c1-61(2,3)45-32-33-65-59(38-45)68-55-27-17-16-24-52(55)53-30-29-50(40-57(53)68)69-49-23-18-22-48(39-49)66-41-67(60-51(42-20-14-13-15-21-42)25-19-26-54(60)64(10,11)12)56-31-28-43(36-58(56)66)44-34-46(62(4,5)6)37-47(35-44)63(7,8)9/h13-41H,1-12H3/q+1/i13D,14D,15D,20D,21D. The van der Waals surface area contributed by atoms with Gasteiger partial charge >= 0.3 is 0 Å². The Morgan fingerprint density at radius 2 is 1.19 bits per heavy atom. The predicted octanol–water partition coefficient (Wildman–Crippen LogP) is 16.7. The van der Waals surface area contributed by atoms with Crippen molar-refractivity contribution < 1.29 is 16.2 Å². The van der Waals surface area contributed by atoms with Crippen LogP contribution in [0.15, 0.2) is 176 Å². The van der Waals surface area contributed by atoms with Crippen LogP contribution in [0.1, 0.15) is 112 Å². The van der Waals surface area contributed by atoms with Crippen molar-refractivity contribution in [2.24, 2.45) is 0 Å². The highest BCUT2D eigenvalue weighted by atomic mass is 16.5. The topological polar surface area (TPSA) is 35.9 Å². The van der Waals surface area contributed by atoms with E-state index >= 15 is 0 Å². The molecule has 5 nitrogen and oxygen atoms in total. The number of benzene rings is 7. The van der Waals surface area contributed by atoms with Crippen molar-refractivity contribution in [1.82, 2.24) is 14.1 Å². The summed E-state index contributed by atoms with van der Waals surface area (Å²) in [4.78, 5) is 4.89. The van der Waals surface area contributed by atoms with Crippen molar-refractivity contribution in [2.45, 2.75) is 105 Å². The summed E-state index contributed by atoms with van der Waals surface area (Å²) in [6.45, 7) is 26.6. The Labute approximate surface area is 415 Å². The Morgan fingerprint density at radius 3 is 1.90 bits per heavy atom. The van der Waals surface area contributed by atoms with E-state index in [4.69, 9.17) is 13.8 Å². The number of hydrogen-bond donors (Lipinski definition) is 0. The largest absolute Gasteiger partial charge is 0.457 e. The number of imidazole rings is 1. The zero-order valence-corrected chi connectivity index (χ0v) is 42.1. The molecule has 0 aliphatic heterocycles. The molecule has 0 aliphatic carbocycles. The van der Waals surface area contributed by atoms with E-state index in [9.17, 15) is 2.74 Å². The molecule has 3 aromatic heterocycles. The molecule has 3 heterocycles. The van der Waals surface area contributed by atoms with Gasteiger partial charge in [0.05, 0.1) is 17.9 Å². The van der Waals surface area contributed by atoms with Crippen LogP contribution in [0, 0.1) is 0 Å². The van der Waals surface area contributed by atoms with E-state index in [0.29, 0.717) is 17.1 Å². The highest BCUT2D eigenvalue weighted by Gasteiger charge is 2.30. The van der Waals surface area contributed by atoms with Gasteiger partial charge in [0, 0.05) is 40.2 Å². The van der Waals surface area contributed by atoms with Gasteiger partial charge in [-0.05, 0) is 116 Å². The average Bonchev–Trinajstić information content (AvgIpc) is 3.91. The van der Waals surface area contributed by atoms with Crippen LogP contribution in [0.2, 0.25) is 0 Å². The second-order valence-electron chi connectivity index (χ2n) is 22.6. The van der Waals surface area contributed by atoms with E-state index in [1.807, 2.05) is 36.5 Å². The summed E-state index contributed by atoms with van der Waals surface area (Å²) in [5, 5.41) is 2.23. The van der Waals surface area contributed by atoms with Gasteiger partial charge in [0.25, 0.3) is 6.33 Å². The summed E-state index contributed by atoms with van der Waals surface area (Å²) < 4.78 is 57.6. The summed E-state index contributed by atoms with van der Waals surface area (Å²) in [7, 11) is 0. The van der Waals surface area contributed by atoms with E-state index in [1.54, 1.807) is 0 Å². The van der Waals surface area contributed by atoms with Crippen LogP contribution in [-0.2, 0) is 21.7 Å².